The molecule has 51 heavy (non-hydrogen) atoms. The standard InChI is InChI=1S/C46H40N4S/c1-32-14-20-36(21-15-32)49(37-22-16-33(2)17-23-37)38-26-28-39(29-27-38)50-42-12-6-4-10-40(42)44(46-47-41-11-5-7-13-43(41)51-46)45(50)34-18-24-35(25-19-34)48-30-8-3-9-31-48/h4-7,10-29H,3,8-9,30-31H2,1-2H3. The van der Waals surface area contributed by atoms with Gasteiger partial charge < -0.3 is 14.4 Å². The molecule has 8 aromatic rings. The van der Waals surface area contributed by atoms with Gasteiger partial charge in [-0.1, -0.05) is 77.9 Å². The van der Waals surface area contributed by atoms with Crippen LogP contribution in [0, 0.1) is 13.8 Å². The monoisotopic (exact) mass is 680 g/mol. The first-order valence-corrected chi connectivity index (χ1v) is 18.8. The molecule has 3 heterocycles. The van der Waals surface area contributed by atoms with Crippen molar-refractivity contribution >= 4 is 55.2 Å². The van der Waals surface area contributed by atoms with Crippen LogP contribution in [0.5, 0.6) is 0 Å². The van der Waals surface area contributed by atoms with Gasteiger partial charge in [0.05, 0.1) is 21.4 Å². The quantitative estimate of drug-likeness (QED) is 0.167. The second kappa shape index (κ2) is 13.2. The normalized spacial score (nSPS) is 13.3. The van der Waals surface area contributed by atoms with Crippen molar-refractivity contribution in [3.05, 3.63) is 157 Å². The van der Waals surface area contributed by atoms with Crippen molar-refractivity contribution in [1.82, 2.24) is 9.55 Å². The molecule has 0 radical (unpaired) electrons. The summed E-state index contributed by atoms with van der Waals surface area (Å²) in [7, 11) is 0. The van der Waals surface area contributed by atoms with E-state index in [0.29, 0.717) is 0 Å². The van der Waals surface area contributed by atoms with Crippen LogP contribution >= 0.6 is 11.3 Å². The molecular formula is C46H40N4S. The minimum absolute atomic E-state index is 1.04. The molecule has 4 nitrogen and oxygen atoms in total. The summed E-state index contributed by atoms with van der Waals surface area (Å²) in [5.41, 5.74) is 14.0. The fraction of sp³-hybridized carbons (Fsp3) is 0.152. The van der Waals surface area contributed by atoms with E-state index in [2.05, 4.69) is 174 Å². The first-order valence-electron chi connectivity index (χ1n) is 18.0. The topological polar surface area (TPSA) is 24.3 Å². The molecule has 0 saturated carbocycles. The van der Waals surface area contributed by atoms with Gasteiger partial charge in [0.15, 0.2) is 0 Å². The summed E-state index contributed by atoms with van der Waals surface area (Å²) in [6, 6.07) is 53.1. The maximum Gasteiger partial charge on any atom is 0.127 e. The molecule has 1 aliphatic rings. The lowest BCUT2D eigenvalue weighted by atomic mass is 10.0. The first kappa shape index (κ1) is 31.3. The van der Waals surface area contributed by atoms with Crippen LogP contribution in [0.25, 0.3) is 48.6 Å². The molecule has 0 N–H and O–H groups in total. The number of hydrogen-bond donors (Lipinski definition) is 0. The Hall–Kier alpha value is -5.65. The summed E-state index contributed by atoms with van der Waals surface area (Å²) in [4.78, 5) is 10.1. The Morgan fingerprint density at radius 1 is 0.569 bits per heavy atom. The first-order chi connectivity index (χ1) is 25.1. The van der Waals surface area contributed by atoms with Crippen LogP contribution in [-0.4, -0.2) is 22.6 Å². The van der Waals surface area contributed by atoms with Gasteiger partial charge in [-0.25, -0.2) is 4.98 Å². The molecule has 0 atom stereocenters. The van der Waals surface area contributed by atoms with E-state index in [9.17, 15) is 0 Å². The average Bonchev–Trinajstić information content (AvgIpc) is 3.77. The van der Waals surface area contributed by atoms with Gasteiger partial charge >= 0.3 is 0 Å². The summed E-state index contributed by atoms with van der Waals surface area (Å²) in [6.45, 7) is 6.53. The van der Waals surface area contributed by atoms with Crippen LogP contribution in [0.3, 0.4) is 0 Å². The van der Waals surface area contributed by atoms with E-state index in [0.717, 1.165) is 46.4 Å². The van der Waals surface area contributed by atoms with Crippen molar-refractivity contribution in [3.63, 3.8) is 0 Å². The zero-order valence-electron chi connectivity index (χ0n) is 29.1. The molecule has 9 rings (SSSR count). The van der Waals surface area contributed by atoms with E-state index in [1.54, 1.807) is 11.3 Å². The van der Waals surface area contributed by atoms with Gasteiger partial charge in [0, 0.05) is 52.5 Å². The molecule has 1 saturated heterocycles. The Labute approximate surface area is 303 Å². The zero-order chi connectivity index (χ0) is 34.3. The van der Waals surface area contributed by atoms with Gasteiger partial charge in [-0.15, -0.1) is 11.3 Å². The lowest BCUT2D eigenvalue weighted by Gasteiger charge is -2.29. The fourth-order valence-electron chi connectivity index (χ4n) is 7.54. The predicted molar refractivity (Wildman–Crippen MR) is 218 cm³/mol. The molecule has 0 bridgehead atoms. The third-order valence-electron chi connectivity index (χ3n) is 10.2. The van der Waals surface area contributed by atoms with Gasteiger partial charge in [-0.05, 0) is 118 Å². The van der Waals surface area contributed by atoms with Crippen LogP contribution in [0.2, 0.25) is 0 Å². The number of para-hydroxylation sites is 2. The lowest BCUT2D eigenvalue weighted by Crippen LogP contribution is -2.29. The number of aromatic nitrogens is 2. The van der Waals surface area contributed by atoms with Gasteiger partial charge in [-0.2, -0.15) is 0 Å². The predicted octanol–water partition coefficient (Wildman–Crippen LogP) is 12.7. The minimum Gasteiger partial charge on any atom is -0.372 e. The Kier molecular flexibility index (Phi) is 8.13. The van der Waals surface area contributed by atoms with Crippen LogP contribution in [-0.2, 0) is 0 Å². The Balaban J connectivity index is 1.22. The number of benzene rings is 6. The van der Waals surface area contributed by atoms with E-state index >= 15 is 0 Å². The third kappa shape index (κ3) is 5.88. The second-order valence-electron chi connectivity index (χ2n) is 13.7. The molecule has 0 amide bonds. The Morgan fingerprint density at radius 3 is 1.78 bits per heavy atom. The van der Waals surface area contributed by atoms with E-state index in [1.807, 2.05) is 0 Å². The van der Waals surface area contributed by atoms with Crippen LogP contribution in [0.1, 0.15) is 30.4 Å². The lowest BCUT2D eigenvalue weighted by molar-refractivity contribution is 0.578. The van der Waals surface area contributed by atoms with Crippen LogP contribution in [0.4, 0.5) is 22.7 Å². The van der Waals surface area contributed by atoms with Crippen LogP contribution in [0.15, 0.2) is 146 Å². The Bertz CT molecular complexity index is 2370. The van der Waals surface area contributed by atoms with Crippen molar-refractivity contribution in [2.24, 2.45) is 0 Å². The largest absolute Gasteiger partial charge is 0.372 e. The van der Waals surface area contributed by atoms with E-state index in [4.69, 9.17) is 4.98 Å². The third-order valence-corrected chi connectivity index (χ3v) is 11.2. The molecule has 1 fully saturated rings. The van der Waals surface area contributed by atoms with E-state index in [1.165, 1.54) is 68.5 Å². The summed E-state index contributed by atoms with van der Waals surface area (Å²) in [5, 5.41) is 2.25. The average molecular weight is 681 g/mol. The SMILES string of the molecule is Cc1ccc(N(c2ccc(C)cc2)c2ccc(-n3c(-c4ccc(N5CCCCC5)cc4)c(-c4nc5ccccc5s4)c4ccccc43)cc2)cc1. The molecule has 6 aromatic carbocycles. The highest BCUT2D eigenvalue weighted by molar-refractivity contribution is 7.21. The summed E-state index contributed by atoms with van der Waals surface area (Å²) in [5.74, 6) is 0. The van der Waals surface area contributed by atoms with E-state index < -0.39 is 0 Å². The zero-order valence-corrected chi connectivity index (χ0v) is 29.9. The molecule has 5 heteroatoms. The van der Waals surface area contributed by atoms with E-state index in [-0.39, 0.29) is 0 Å². The summed E-state index contributed by atoms with van der Waals surface area (Å²) < 4.78 is 3.64. The molecule has 2 aromatic heterocycles. The smallest absolute Gasteiger partial charge is 0.127 e. The van der Waals surface area contributed by atoms with Gasteiger partial charge in [-0.3, -0.25) is 0 Å². The highest BCUT2D eigenvalue weighted by Gasteiger charge is 2.24. The van der Waals surface area contributed by atoms with Crippen molar-refractivity contribution in [2.45, 2.75) is 33.1 Å². The number of nitrogens with zero attached hydrogens (tertiary/aromatic N) is 4. The molecule has 0 aliphatic carbocycles. The van der Waals surface area contributed by atoms with Crippen molar-refractivity contribution in [3.8, 4) is 27.5 Å². The number of thiazole rings is 1. The van der Waals surface area contributed by atoms with Crippen molar-refractivity contribution in [2.75, 3.05) is 22.9 Å². The highest BCUT2D eigenvalue weighted by atomic mass is 32.1. The number of rotatable bonds is 7. The summed E-state index contributed by atoms with van der Waals surface area (Å²) in [6.07, 6.45) is 3.85. The van der Waals surface area contributed by atoms with Crippen molar-refractivity contribution < 1.29 is 0 Å². The van der Waals surface area contributed by atoms with Gasteiger partial charge in [0.25, 0.3) is 0 Å². The fourth-order valence-corrected chi connectivity index (χ4v) is 8.57. The van der Waals surface area contributed by atoms with Crippen molar-refractivity contribution in [1.29, 1.82) is 0 Å². The van der Waals surface area contributed by atoms with Gasteiger partial charge in [0.2, 0.25) is 0 Å². The number of anilines is 4. The number of hydrogen-bond acceptors (Lipinski definition) is 4. The molecule has 250 valence electrons. The second-order valence-corrected chi connectivity index (χ2v) is 14.7. The number of aryl methyl sites for hydroxylation is 2. The Morgan fingerprint density at radius 2 is 1.14 bits per heavy atom. The molecule has 0 spiro atoms. The number of piperidine rings is 1. The maximum atomic E-state index is 5.22. The number of fused-ring (bicyclic) bond motifs is 2. The highest BCUT2D eigenvalue weighted by Crippen LogP contribution is 2.46. The minimum atomic E-state index is 1.04. The molecular weight excluding hydrogens is 641 g/mol. The van der Waals surface area contributed by atoms with Crippen LogP contribution < -0.4 is 9.80 Å². The maximum absolute atomic E-state index is 5.22. The molecule has 1 aliphatic heterocycles. The molecule has 0 unspecified atom stereocenters. The van der Waals surface area contributed by atoms with Gasteiger partial charge in [0.1, 0.15) is 5.01 Å². The summed E-state index contributed by atoms with van der Waals surface area (Å²) >= 11 is 1.77.